The van der Waals surface area contributed by atoms with Crippen molar-refractivity contribution in [3.8, 4) is 0 Å². The van der Waals surface area contributed by atoms with Crippen molar-refractivity contribution in [1.29, 1.82) is 0 Å². The van der Waals surface area contributed by atoms with Gasteiger partial charge in [0.05, 0.1) is 19.8 Å². The van der Waals surface area contributed by atoms with E-state index < -0.39 is 0 Å². The molecule has 12 heteroatoms. The fraction of sp³-hybridized carbons (Fsp3) is 0.949. The van der Waals surface area contributed by atoms with E-state index in [-0.39, 0.29) is 37.5 Å². The van der Waals surface area contributed by atoms with E-state index in [2.05, 4.69) is 58.3 Å². The molecule has 3 amide bonds. The first-order valence-corrected chi connectivity index (χ1v) is 30.6. The van der Waals surface area contributed by atoms with Crippen LogP contribution >= 0.6 is 0 Å². The van der Waals surface area contributed by atoms with E-state index in [1.165, 1.54) is 193 Å². The Bertz CT molecular complexity index is 1040. The van der Waals surface area contributed by atoms with Gasteiger partial charge in [0.25, 0.3) is 0 Å². The number of unbranched alkanes of at least 4 members (excludes halogenated alkanes) is 30. The van der Waals surface area contributed by atoms with Crippen LogP contribution in [0, 0.1) is 0 Å². The summed E-state index contributed by atoms with van der Waals surface area (Å²) in [5, 5.41) is 37.4. The molecule has 0 aromatic heterocycles. The van der Waals surface area contributed by atoms with Crippen LogP contribution in [0.4, 0.5) is 0 Å². The molecule has 0 aliphatic carbocycles. The lowest BCUT2D eigenvalue weighted by Gasteiger charge is -2.26. The van der Waals surface area contributed by atoms with Gasteiger partial charge in [-0.1, -0.05) is 220 Å². The molecule has 0 fully saturated rings. The van der Waals surface area contributed by atoms with Gasteiger partial charge in [0.1, 0.15) is 0 Å². The Morgan fingerprint density at radius 2 is 0.479 bits per heavy atom. The fourth-order valence-electron chi connectivity index (χ4n) is 9.04. The number of carbonyl (C=O) groups is 3. The summed E-state index contributed by atoms with van der Waals surface area (Å²) >= 11 is 0. The van der Waals surface area contributed by atoms with E-state index in [1.807, 2.05) is 0 Å². The number of carbonyl (C=O) groups excluding carboxylic acids is 3. The van der Waals surface area contributed by atoms with Gasteiger partial charge < -0.3 is 36.2 Å². The Morgan fingerprint density at radius 3 is 0.718 bits per heavy atom. The van der Waals surface area contributed by atoms with Crippen molar-refractivity contribution >= 4 is 17.7 Å². The summed E-state index contributed by atoms with van der Waals surface area (Å²) in [4.78, 5) is 43.1. The average molecular weight is 1010 g/mol. The van der Waals surface area contributed by atoms with Crippen LogP contribution in [-0.2, 0) is 14.4 Å². The highest BCUT2D eigenvalue weighted by Crippen LogP contribution is 2.13. The van der Waals surface area contributed by atoms with E-state index >= 15 is 0 Å². The minimum absolute atomic E-state index is 0.0432. The number of hydrogen-bond donors (Lipinski definition) is 6. The number of rotatable bonds is 56. The molecule has 0 aromatic carbocycles. The van der Waals surface area contributed by atoms with Gasteiger partial charge in [-0.05, 0) is 32.2 Å². The minimum atomic E-state index is 0.0432. The topological polar surface area (TPSA) is 158 Å². The maximum atomic E-state index is 12.4. The van der Waals surface area contributed by atoms with Crippen molar-refractivity contribution in [2.75, 3.05) is 98.4 Å². The third-order valence-corrected chi connectivity index (χ3v) is 13.8. The lowest BCUT2D eigenvalue weighted by Crippen LogP contribution is -2.40. The Balaban J connectivity index is 0. The second-order valence-electron chi connectivity index (χ2n) is 20.6. The third kappa shape index (κ3) is 57.3. The summed E-state index contributed by atoms with van der Waals surface area (Å²) in [6, 6.07) is 0. The number of nitrogens with one attached hydrogen (secondary N) is 3. The van der Waals surface area contributed by atoms with E-state index in [9.17, 15) is 29.7 Å². The maximum Gasteiger partial charge on any atom is 0.221 e. The Labute approximate surface area is 440 Å². The standard InChI is InChI=1S/C36H74N4O4.C23H48N2O2/c1-3-5-7-9-11-13-15-17-19-21-25-37-35(43)23-27-39(31-33-41)29-30-40(32-34-42)28-24-36(44)38-26-22-20-18-16-14-12-10-8-6-4-2;1-3-5-7-9-10-11-12-13-14-15-18-24-23(27)17-20-25(21-22-26)19-16-8-6-4-2/h41-42H,3-34H2,1-2H3,(H,37,43)(H,38,44);26H,3-22H2,1-2H3,(H,24,27). The van der Waals surface area contributed by atoms with Crippen molar-refractivity contribution in [1.82, 2.24) is 30.7 Å². The molecule has 0 rings (SSSR count). The molecule has 0 saturated heterocycles. The molecule has 0 saturated carbocycles. The Hall–Kier alpha value is -1.83. The smallest absolute Gasteiger partial charge is 0.221 e. The first-order chi connectivity index (χ1) is 34.8. The SMILES string of the molecule is CCCCCCCCCCCCNC(=O)CCN(CCO)CCCCCC.CCCCCCCCCCCCNC(=O)CCN(CCO)CCN(CCO)CCC(=O)NCCCCCCCCCCCC. The van der Waals surface area contributed by atoms with Crippen LogP contribution in [0.5, 0.6) is 0 Å². The molecular weight excluding hydrogens is 889 g/mol. The van der Waals surface area contributed by atoms with Gasteiger partial charge in [-0.3, -0.25) is 24.2 Å². The van der Waals surface area contributed by atoms with E-state index in [0.717, 1.165) is 58.4 Å². The minimum Gasteiger partial charge on any atom is -0.395 e. The molecule has 0 atom stereocenters. The summed E-state index contributed by atoms with van der Waals surface area (Å²) < 4.78 is 0. The first-order valence-electron chi connectivity index (χ1n) is 30.6. The average Bonchev–Trinajstić information content (AvgIpc) is 3.37. The highest BCUT2D eigenvalue weighted by atomic mass is 16.3. The van der Waals surface area contributed by atoms with E-state index in [1.54, 1.807) is 0 Å². The summed E-state index contributed by atoms with van der Waals surface area (Å²) in [6.45, 7) is 17.5. The molecule has 0 aliphatic rings. The largest absolute Gasteiger partial charge is 0.395 e. The molecule has 424 valence electrons. The van der Waals surface area contributed by atoms with Crippen LogP contribution in [0.25, 0.3) is 0 Å². The van der Waals surface area contributed by atoms with Gasteiger partial charge in [-0.25, -0.2) is 0 Å². The normalized spacial score (nSPS) is 11.4. The third-order valence-electron chi connectivity index (χ3n) is 13.8. The van der Waals surface area contributed by atoms with Crippen molar-refractivity contribution in [2.24, 2.45) is 0 Å². The maximum absolute atomic E-state index is 12.4. The molecule has 12 nitrogen and oxygen atoms in total. The van der Waals surface area contributed by atoms with Crippen LogP contribution in [0.2, 0.25) is 0 Å². The van der Waals surface area contributed by atoms with Crippen LogP contribution in [0.15, 0.2) is 0 Å². The predicted octanol–water partition coefficient (Wildman–Crippen LogP) is 11.7. The summed E-state index contributed by atoms with van der Waals surface area (Å²) in [6.07, 6.45) is 45.2. The van der Waals surface area contributed by atoms with Gasteiger partial charge in [0.2, 0.25) is 17.7 Å². The van der Waals surface area contributed by atoms with Crippen LogP contribution in [-0.4, -0.2) is 146 Å². The second kappa shape index (κ2) is 60.7. The van der Waals surface area contributed by atoms with Crippen LogP contribution in [0.3, 0.4) is 0 Å². The molecule has 6 N–H and O–H groups in total. The van der Waals surface area contributed by atoms with Gasteiger partial charge in [0.15, 0.2) is 0 Å². The Morgan fingerprint density at radius 1 is 0.268 bits per heavy atom. The van der Waals surface area contributed by atoms with Crippen molar-refractivity contribution < 1.29 is 29.7 Å². The molecule has 71 heavy (non-hydrogen) atoms. The number of nitrogens with zero attached hydrogens (tertiary/aromatic N) is 3. The number of aliphatic hydroxyl groups excluding tert-OH is 3. The Kier molecular flexibility index (Phi) is 60.9. The molecule has 0 aliphatic heterocycles. The second-order valence-corrected chi connectivity index (χ2v) is 20.6. The summed E-state index contributed by atoms with van der Waals surface area (Å²) in [7, 11) is 0. The lowest BCUT2D eigenvalue weighted by atomic mass is 10.1. The molecular formula is C59H122N6O6. The number of amides is 3. The highest BCUT2D eigenvalue weighted by molar-refractivity contribution is 5.76. The molecule has 0 radical (unpaired) electrons. The molecule has 0 spiro atoms. The number of aliphatic hydroxyl groups is 3. The first kappa shape index (κ1) is 71.2. The zero-order valence-corrected chi connectivity index (χ0v) is 47.7. The zero-order valence-electron chi connectivity index (χ0n) is 47.7. The summed E-state index contributed by atoms with van der Waals surface area (Å²) in [5.41, 5.74) is 0. The van der Waals surface area contributed by atoms with Crippen molar-refractivity contribution in [3.05, 3.63) is 0 Å². The van der Waals surface area contributed by atoms with Gasteiger partial charge in [-0.2, -0.15) is 0 Å². The number of hydrogen-bond acceptors (Lipinski definition) is 9. The molecule has 0 bridgehead atoms. The van der Waals surface area contributed by atoms with Crippen LogP contribution < -0.4 is 16.0 Å². The molecule has 0 unspecified atom stereocenters. The van der Waals surface area contributed by atoms with Gasteiger partial charge in [0, 0.05) is 91.3 Å². The van der Waals surface area contributed by atoms with E-state index in [4.69, 9.17) is 0 Å². The molecule has 0 heterocycles. The summed E-state index contributed by atoms with van der Waals surface area (Å²) in [5.74, 6) is 0.285. The van der Waals surface area contributed by atoms with Crippen molar-refractivity contribution in [3.63, 3.8) is 0 Å². The lowest BCUT2D eigenvalue weighted by molar-refractivity contribution is -0.122. The van der Waals surface area contributed by atoms with Crippen molar-refractivity contribution in [2.45, 2.75) is 265 Å². The van der Waals surface area contributed by atoms with Crippen LogP contribution in [0.1, 0.15) is 265 Å². The van der Waals surface area contributed by atoms with Gasteiger partial charge >= 0.3 is 0 Å². The zero-order chi connectivity index (χ0) is 52.4. The van der Waals surface area contributed by atoms with Gasteiger partial charge in [-0.15, -0.1) is 0 Å². The highest BCUT2D eigenvalue weighted by Gasteiger charge is 2.13. The predicted molar refractivity (Wildman–Crippen MR) is 303 cm³/mol. The monoisotopic (exact) mass is 1010 g/mol. The molecule has 0 aromatic rings. The fourth-order valence-corrected chi connectivity index (χ4v) is 9.04. The quantitative estimate of drug-likeness (QED) is 0.0326. The van der Waals surface area contributed by atoms with E-state index in [0.29, 0.717) is 65.1 Å².